The summed E-state index contributed by atoms with van der Waals surface area (Å²) in [5.41, 5.74) is 0.499. The third kappa shape index (κ3) is 1.93. The molecule has 2 aliphatic rings. The van der Waals surface area contributed by atoms with Gasteiger partial charge < -0.3 is 4.74 Å². The van der Waals surface area contributed by atoms with Crippen LogP contribution in [0.5, 0.6) is 0 Å². The Morgan fingerprint density at radius 3 is 2.94 bits per heavy atom. The van der Waals surface area contributed by atoms with Crippen LogP contribution in [0.15, 0.2) is 24.3 Å². The average Bonchev–Trinajstić information content (AvgIpc) is 2.81. The molecule has 0 radical (unpaired) electrons. The van der Waals surface area contributed by atoms with Crippen molar-refractivity contribution in [3.63, 3.8) is 0 Å². The molecule has 16 heavy (non-hydrogen) atoms. The van der Waals surface area contributed by atoms with E-state index in [2.05, 4.69) is 25.7 Å². The summed E-state index contributed by atoms with van der Waals surface area (Å²) in [6.45, 7) is 7.56. The van der Waals surface area contributed by atoms with Gasteiger partial charge in [0, 0.05) is 11.5 Å². The highest BCUT2D eigenvalue weighted by Crippen LogP contribution is 2.46. The molecule has 0 saturated heterocycles. The molecule has 2 heteroatoms. The minimum absolute atomic E-state index is 0.0814. The third-order valence-electron chi connectivity index (χ3n) is 3.96. The van der Waals surface area contributed by atoms with Crippen molar-refractivity contribution in [2.75, 3.05) is 0 Å². The van der Waals surface area contributed by atoms with Gasteiger partial charge in [-0.15, -0.1) is 0 Å². The summed E-state index contributed by atoms with van der Waals surface area (Å²) < 4.78 is 5.53. The molecule has 4 unspecified atom stereocenters. The van der Waals surface area contributed by atoms with Crippen LogP contribution in [0.3, 0.4) is 0 Å². The van der Waals surface area contributed by atoms with Gasteiger partial charge in [-0.1, -0.05) is 32.1 Å². The van der Waals surface area contributed by atoms with Gasteiger partial charge in [0.25, 0.3) is 0 Å². The summed E-state index contributed by atoms with van der Waals surface area (Å²) in [7, 11) is 0. The molecule has 2 nitrogen and oxygen atoms in total. The van der Waals surface area contributed by atoms with Crippen LogP contribution in [0.2, 0.25) is 0 Å². The third-order valence-corrected chi connectivity index (χ3v) is 3.96. The fourth-order valence-corrected chi connectivity index (χ4v) is 3.06. The van der Waals surface area contributed by atoms with Crippen molar-refractivity contribution >= 4 is 5.97 Å². The van der Waals surface area contributed by atoms with Gasteiger partial charge in [-0.25, -0.2) is 4.79 Å². The van der Waals surface area contributed by atoms with E-state index in [-0.39, 0.29) is 12.1 Å². The Labute approximate surface area is 97.4 Å². The van der Waals surface area contributed by atoms with Gasteiger partial charge in [-0.2, -0.15) is 0 Å². The molecule has 4 atom stereocenters. The number of rotatable bonds is 3. The van der Waals surface area contributed by atoms with Crippen LogP contribution in [0.4, 0.5) is 0 Å². The molecule has 88 valence electrons. The molecule has 2 rings (SSSR count). The van der Waals surface area contributed by atoms with E-state index in [0.717, 1.165) is 12.8 Å². The van der Waals surface area contributed by atoms with Crippen molar-refractivity contribution in [1.82, 2.24) is 0 Å². The first-order valence-electron chi connectivity index (χ1n) is 6.16. The lowest BCUT2D eigenvalue weighted by Gasteiger charge is -2.18. The maximum atomic E-state index is 11.5. The average molecular weight is 220 g/mol. The van der Waals surface area contributed by atoms with Crippen molar-refractivity contribution in [3.8, 4) is 0 Å². The summed E-state index contributed by atoms with van der Waals surface area (Å²) >= 11 is 0. The molecular formula is C14H20O2. The van der Waals surface area contributed by atoms with E-state index in [1.807, 2.05) is 0 Å². The topological polar surface area (TPSA) is 26.3 Å². The van der Waals surface area contributed by atoms with E-state index >= 15 is 0 Å². The summed E-state index contributed by atoms with van der Waals surface area (Å²) in [6, 6.07) is 0. The minimum Gasteiger partial charge on any atom is -0.458 e. The SMILES string of the molecule is C=C(C)C(=O)OC1CC(CC)C2CC=CC12. The van der Waals surface area contributed by atoms with Gasteiger partial charge in [0.05, 0.1) is 0 Å². The maximum Gasteiger partial charge on any atom is 0.333 e. The van der Waals surface area contributed by atoms with Crippen molar-refractivity contribution < 1.29 is 9.53 Å². The van der Waals surface area contributed by atoms with Crippen LogP contribution in [0.1, 0.15) is 33.1 Å². The smallest absolute Gasteiger partial charge is 0.333 e. The number of allylic oxidation sites excluding steroid dienone is 1. The molecule has 1 saturated carbocycles. The normalized spacial score (nSPS) is 36.1. The van der Waals surface area contributed by atoms with E-state index in [4.69, 9.17) is 4.74 Å². The number of hydrogen-bond acceptors (Lipinski definition) is 2. The highest BCUT2D eigenvalue weighted by atomic mass is 16.5. The first-order chi connectivity index (χ1) is 7.63. The fraction of sp³-hybridized carbons (Fsp3) is 0.643. The van der Waals surface area contributed by atoms with Crippen molar-refractivity contribution in [3.05, 3.63) is 24.3 Å². The maximum absolute atomic E-state index is 11.5. The Morgan fingerprint density at radius 2 is 2.31 bits per heavy atom. The highest BCUT2D eigenvalue weighted by molar-refractivity contribution is 5.87. The Morgan fingerprint density at radius 1 is 1.56 bits per heavy atom. The molecule has 0 aliphatic heterocycles. The van der Waals surface area contributed by atoms with Gasteiger partial charge >= 0.3 is 5.97 Å². The summed E-state index contributed by atoms with van der Waals surface area (Å²) in [5.74, 6) is 1.63. The molecule has 0 aromatic heterocycles. The van der Waals surface area contributed by atoms with Gasteiger partial charge in [0.15, 0.2) is 0 Å². The second-order valence-corrected chi connectivity index (χ2v) is 5.03. The van der Waals surface area contributed by atoms with Gasteiger partial charge in [-0.05, 0) is 31.6 Å². The van der Waals surface area contributed by atoms with E-state index in [0.29, 0.717) is 23.3 Å². The van der Waals surface area contributed by atoms with Crippen LogP contribution in [0.25, 0.3) is 0 Å². The Balaban J connectivity index is 2.03. The second kappa shape index (κ2) is 4.44. The summed E-state index contributed by atoms with van der Waals surface area (Å²) in [6.07, 6.45) is 7.91. The summed E-state index contributed by atoms with van der Waals surface area (Å²) in [5, 5.41) is 0. The number of ether oxygens (including phenoxy) is 1. The fourth-order valence-electron chi connectivity index (χ4n) is 3.06. The summed E-state index contributed by atoms with van der Waals surface area (Å²) in [4.78, 5) is 11.5. The van der Waals surface area contributed by atoms with Crippen molar-refractivity contribution in [2.45, 2.75) is 39.2 Å². The van der Waals surface area contributed by atoms with Gasteiger partial charge in [0.2, 0.25) is 0 Å². The number of fused-ring (bicyclic) bond motifs is 1. The lowest BCUT2D eigenvalue weighted by molar-refractivity contribution is -0.145. The van der Waals surface area contributed by atoms with Crippen LogP contribution >= 0.6 is 0 Å². The number of hydrogen-bond donors (Lipinski definition) is 0. The molecule has 0 aromatic carbocycles. The zero-order valence-electron chi connectivity index (χ0n) is 10.1. The highest BCUT2D eigenvalue weighted by Gasteiger charge is 2.44. The standard InChI is InChI=1S/C14H20O2/c1-4-10-8-13(16-14(15)9(2)3)12-7-5-6-11(10)12/h5,7,10-13H,2,4,6,8H2,1,3H3. The number of carbonyl (C=O) groups is 1. The predicted molar refractivity (Wildman–Crippen MR) is 63.8 cm³/mol. The van der Waals surface area contributed by atoms with Gasteiger partial charge in [-0.3, -0.25) is 0 Å². The molecule has 0 heterocycles. The predicted octanol–water partition coefficient (Wildman–Crippen LogP) is 3.10. The van der Waals surface area contributed by atoms with E-state index < -0.39 is 0 Å². The first-order valence-corrected chi connectivity index (χ1v) is 6.16. The van der Waals surface area contributed by atoms with E-state index in [1.54, 1.807) is 6.92 Å². The minimum atomic E-state index is -0.235. The van der Waals surface area contributed by atoms with Crippen LogP contribution in [-0.4, -0.2) is 12.1 Å². The monoisotopic (exact) mass is 220 g/mol. The van der Waals surface area contributed by atoms with Crippen LogP contribution in [0, 0.1) is 17.8 Å². The zero-order valence-corrected chi connectivity index (χ0v) is 10.1. The molecule has 0 bridgehead atoms. The molecule has 0 aromatic rings. The van der Waals surface area contributed by atoms with E-state index in [9.17, 15) is 4.79 Å². The molecule has 0 spiro atoms. The number of esters is 1. The van der Waals surface area contributed by atoms with Crippen LogP contribution < -0.4 is 0 Å². The lowest BCUT2D eigenvalue weighted by Crippen LogP contribution is -2.22. The molecule has 0 amide bonds. The van der Waals surface area contributed by atoms with Crippen molar-refractivity contribution in [2.24, 2.45) is 17.8 Å². The first kappa shape index (κ1) is 11.4. The van der Waals surface area contributed by atoms with Crippen LogP contribution in [-0.2, 0) is 9.53 Å². The second-order valence-electron chi connectivity index (χ2n) is 5.03. The van der Waals surface area contributed by atoms with E-state index in [1.165, 1.54) is 6.42 Å². The molecular weight excluding hydrogens is 200 g/mol. The molecule has 0 N–H and O–H groups in total. The zero-order chi connectivity index (χ0) is 11.7. The largest absolute Gasteiger partial charge is 0.458 e. The Bertz CT molecular complexity index is 330. The molecule has 1 fully saturated rings. The Hall–Kier alpha value is -1.05. The lowest BCUT2D eigenvalue weighted by atomic mass is 9.89. The van der Waals surface area contributed by atoms with Crippen molar-refractivity contribution in [1.29, 1.82) is 0 Å². The molecule has 2 aliphatic carbocycles. The number of carbonyl (C=O) groups excluding carboxylic acids is 1. The van der Waals surface area contributed by atoms with Gasteiger partial charge in [0.1, 0.15) is 6.10 Å². The Kier molecular flexibility index (Phi) is 3.17. The quantitative estimate of drug-likeness (QED) is 0.415.